The highest BCUT2D eigenvalue weighted by Crippen LogP contribution is 2.74. The van der Waals surface area contributed by atoms with E-state index in [4.69, 9.17) is 11.6 Å². The second kappa shape index (κ2) is 3.40. The third-order valence-electron chi connectivity index (χ3n) is 2.74. The van der Waals surface area contributed by atoms with E-state index in [1.807, 2.05) is 0 Å². The van der Waals surface area contributed by atoms with Gasteiger partial charge in [-0.2, -0.15) is 17.6 Å². The molecule has 2 rings (SSSR count). The van der Waals surface area contributed by atoms with Gasteiger partial charge in [0.05, 0.1) is 10.7 Å². The Morgan fingerprint density at radius 3 is 2.06 bits per heavy atom. The molecule has 1 fully saturated rings. The molecule has 0 saturated heterocycles. The molecule has 1 aliphatic carbocycles. The Hall–Kier alpha value is 0.210. The van der Waals surface area contributed by atoms with Gasteiger partial charge in [-0.15, -0.1) is 0 Å². The third kappa shape index (κ3) is 1.25. The summed E-state index contributed by atoms with van der Waals surface area (Å²) in [7, 11) is 0. The summed E-state index contributed by atoms with van der Waals surface area (Å²) in [4.78, 5) is 2.24. The van der Waals surface area contributed by atoms with E-state index in [1.54, 1.807) is 0 Å². The van der Waals surface area contributed by atoms with E-state index in [1.165, 1.54) is 0 Å². The van der Waals surface area contributed by atoms with E-state index in [9.17, 15) is 22.7 Å². The fourth-order valence-corrected chi connectivity index (χ4v) is 3.29. The predicted molar refractivity (Wildman–Crippen MR) is 60.2 cm³/mol. The second-order valence-electron chi connectivity index (χ2n) is 3.67. The van der Waals surface area contributed by atoms with Gasteiger partial charge in [0.15, 0.2) is 3.23 Å². The summed E-state index contributed by atoms with van der Waals surface area (Å²) in [6.45, 7) is 0. The van der Waals surface area contributed by atoms with Crippen molar-refractivity contribution in [2.75, 3.05) is 0 Å². The number of aliphatic hydroxyl groups is 1. The summed E-state index contributed by atoms with van der Waals surface area (Å²) in [5, 5.41) is 9.90. The molecule has 1 aromatic rings. The molecule has 0 spiro atoms. The standard InChI is InChI=1S/C8H4Br2ClF4NO/c9-6(10)5(17,4-1-3(11)2-16-4)7(12,13)8(6,14)15/h1-2,16-17H. The third-order valence-corrected chi connectivity index (χ3v) is 5.10. The Labute approximate surface area is 115 Å². The molecule has 0 aromatic carbocycles. The Morgan fingerprint density at radius 2 is 1.71 bits per heavy atom. The molecule has 1 aliphatic rings. The van der Waals surface area contributed by atoms with Crippen molar-refractivity contribution in [1.29, 1.82) is 0 Å². The van der Waals surface area contributed by atoms with Gasteiger partial charge >= 0.3 is 11.8 Å². The number of hydrogen-bond acceptors (Lipinski definition) is 1. The normalized spacial score (nSPS) is 33.2. The predicted octanol–water partition coefficient (Wildman–Crippen LogP) is 3.63. The first-order chi connectivity index (χ1) is 7.50. The number of hydrogen-bond donors (Lipinski definition) is 2. The van der Waals surface area contributed by atoms with Gasteiger partial charge in [0, 0.05) is 6.20 Å². The van der Waals surface area contributed by atoms with Crippen LogP contribution in [0.15, 0.2) is 12.3 Å². The minimum atomic E-state index is -4.64. The van der Waals surface area contributed by atoms with Crippen molar-refractivity contribution in [1.82, 2.24) is 4.98 Å². The van der Waals surface area contributed by atoms with Crippen LogP contribution in [0, 0.1) is 0 Å². The smallest absolute Gasteiger partial charge is 0.348 e. The molecule has 1 heterocycles. The summed E-state index contributed by atoms with van der Waals surface area (Å²) in [5.74, 6) is -9.09. The van der Waals surface area contributed by atoms with E-state index >= 15 is 0 Å². The van der Waals surface area contributed by atoms with Crippen molar-refractivity contribution in [3.63, 3.8) is 0 Å². The van der Waals surface area contributed by atoms with Crippen LogP contribution in [0.5, 0.6) is 0 Å². The monoisotopic (exact) mass is 399 g/mol. The van der Waals surface area contributed by atoms with E-state index in [0.29, 0.717) is 0 Å². The lowest BCUT2D eigenvalue weighted by Crippen LogP contribution is -2.82. The van der Waals surface area contributed by atoms with Crippen LogP contribution >= 0.6 is 43.5 Å². The number of aromatic amines is 1. The molecule has 17 heavy (non-hydrogen) atoms. The zero-order valence-corrected chi connectivity index (χ0v) is 11.7. The van der Waals surface area contributed by atoms with Gasteiger partial charge in [0.2, 0.25) is 5.60 Å². The number of rotatable bonds is 1. The highest BCUT2D eigenvalue weighted by atomic mass is 79.9. The van der Waals surface area contributed by atoms with Crippen LogP contribution in [0.2, 0.25) is 5.02 Å². The van der Waals surface area contributed by atoms with Crippen LogP contribution < -0.4 is 0 Å². The van der Waals surface area contributed by atoms with Crippen molar-refractivity contribution in [2.24, 2.45) is 0 Å². The lowest BCUT2D eigenvalue weighted by molar-refractivity contribution is -0.385. The average molecular weight is 401 g/mol. The maximum Gasteiger partial charge on any atom is 0.348 e. The van der Waals surface area contributed by atoms with Crippen LogP contribution in [0.3, 0.4) is 0 Å². The maximum absolute atomic E-state index is 13.4. The van der Waals surface area contributed by atoms with Crippen LogP contribution in [0.4, 0.5) is 17.6 Å². The highest BCUT2D eigenvalue weighted by molar-refractivity contribution is 9.25. The Balaban J connectivity index is 2.59. The van der Waals surface area contributed by atoms with Crippen molar-refractivity contribution < 1.29 is 22.7 Å². The van der Waals surface area contributed by atoms with Crippen molar-refractivity contribution in [3.8, 4) is 0 Å². The molecule has 1 atom stereocenters. The fraction of sp³-hybridized carbons (Fsp3) is 0.500. The number of nitrogens with one attached hydrogen (secondary N) is 1. The summed E-state index contributed by atoms with van der Waals surface area (Å²) in [5.41, 5.74) is -3.64. The topological polar surface area (TPSA) is 36.0 Å². The Kier molecular flexibility index (Phi) is 2.73. The van der Waals surface area contributed by atoms with Gasteiger partial charge in [0.1, 0.15) is 0 Å². The summed E-state index contributed by atoms with van der Waals surface area (Å²) >= 11 is 10.3. The maximum atomic E-state index is 13.4. The van der Waals surface area contributed by atoms with Crippen LogP contribution in [-0.2, 0) is 5.60 Å². The number of alkyl halides is 6. The van der Waals surface area contributed by atoms with Gasteiger partial charge in [-0.05, 0) is 6.07 Å². The van der Waals surface area contributed by atoms with Gasteiger partial charge in [-0.1, -0.05) is 43.5 Å². The largest absolute Gasteiger partial charge is 0.375 e. The first kappa shape index (κ1) is 13.6. The highest BCUT2D eigenvalue weighted by Gasteiger charge is 2.94. The molecule has 0 bridgehead atoms. The fourth-order valence-electron chi connectivity index (χ4n) is 1.70. The average Bonchev–Trinajstić information content (AvgIpc) is 2.61. The molecule has 1 unspecified atom stereocenters. The van der Waals surface area contributed by atoms with E-state index in [2.05, 4.69) is 36.8 Å². The van der Waals surface area contributed by atoms with Gasteiger partial charge in [-0.3, -0.25) is 0 Å². The molecule has 1 saturated carbocycles. The molecule has 2 nitrogen and oxygen atoms in total. The lowest BCUT2D eigenvalue weighted by atomic mass is 9.70. The van der Waals surface area contributed by atoms with Crippen LogP contribution in [-0.4, -0.2) is 25.2 Å². The first-order valence-electron chi connectivity index (χ1n) is 4.20. The zero-order chi connectivity index (χ0) is 13.3. The van der Waals surface area contributed by atoms with Crippen LogP contribution in [0.1, 0.15) is 5.69 Å². The molecule has 0 amide bonds. The first-order valence-corrected chi connectivity index (χ1v) is 6.17. The number of aromatic nitrogens is 1. The van der Waals surface area contributed by atoms with Gasteiger partial charge in [0.25, 0.3) is 0 Å². The molecule has 0 aliphatic heterocycles. The summed E-state index contributed by atoms with van der Waals surface area (Å²) in [6, 6.07) is 0.960. The van der Waals surface area contributed by atoms with E-state index < -0.39 is 26.4 Å². The molecular weight excluding hydrogens is 397 g/mol. The molecule has 2 N–H and O–H groups in total. The Bertz CT molecular complexity index is 458. The van der Waals surface area contributed by atoms with Crippen molar-refractivity contribution in [3.05, 3.63) is 23.0 Å². The van der Waals surface area contributed by atoms with Gasteiger partial charge in [-0.25, -0.2) is 0 Å². The molecular formula is C8H4Br2ClF4NO. The summed E-state index contributed by atoms with van der Waals surface area (Å²) in [6.07, 6.45) is 1.11. The zero-order valence-electron chi connectivity index (χ0n) is 7.75. The SMILES string of the molecule is OC1(c2cc(Cl)c[nH]2)C(F)(F)C(F)(F)C1(Br)Br. The Morgan fingerprint density at radius 1 is 1.18 bits per heavy atom. The van der Waals surface area contributed by atoms with Gasteiger partial charge < -0.3 is 10.1 Å². The quantitative estimate of drug-likeness (QED) is 0.547. The number of H-pyrrole nitrogens is 1. The minimum Gasteiger partial charge on any atom is -0.375 e. The van der Waals surface area contributed by atoms with E-state index in [0.717, 1.165) is 12.3 Å². The molecule has 1 aromatic heterocycles. The second-order valence-corrected chi connectivity index (χ2v) is 7.54. The number of halogens is 7. The molecule has 96 valence electrons. The van der Waals surface area contributed by atoms with Crippen LogP contribution in [0.25, 0.3) is 0 Å². The molecule has 9 heteroatoms. The molecule has 0 radical (unpaired) electrons. The summed E-state index contributed by atoms with van der Waals surface area (Å²) < 4.78 is 50.7. The lowest BCUT2D eigenvalue weighted by Gasteiger charge is -2.58. The van der Waals surface area contributed by atoms with Crippen molar-refractivity contribution in [2.45, 2.75) is 20.7 Å². The van der Waals surface area contributed by atoms with E-state index in [-0.39, 0.29) is 5.02 Å². The minimum absolute atomic E-state index is 0.0234. The van der Waals surface area contributed by atoms with Crippen molar-refractivity contribution >= 4 is 43.5 Å².